The molecule has 0 N–H and O–H groups in total. The third-order valence-corrected chi connectivity index (χ3v) is 3.46. The summed E-state index contributed by atoms with van der Waals surface area (Å²) in [5.74, 6) is 0. The first kappa shape index (κ1) is 9.78. The second-order valence-electron chi connectivity index (χ2n) is 3.92. The molecule has 0 radical (unpaired) electrons. The summed E-state index contributed by atoms with van der Waals surface area (Å²) in [5.41, 5.74) is 1.60. The molecular formula is C9H15BrN2. The van der Waals surface area contributed by atoms with E-state index < -0.39 is 0 Å². The van der Waals surface area contributed by atoms with E-state index in [0.29, 0.717) is 5.41 Å². The van der Waals surface area contributed by atoms with Gasteiger partial charge in [-0.05, 0) is 17.9 Å². The molecule has 0 amide bonds. The lowest BCUT2D eigenvalue weighted by Crippen LogP contribution is -2.18. The monoisotopic (exact) mass is 230 g/mol. The van der Waals surface area contributed by atoms with E-state index in [0.717, 1.165) is 11.8 Å². The van der Waals surface area contributed by atoms with Crippen LogP contribution < -0.4 is 0 Å². The molecule has 1 rings (SSSR count). The third-order valence-electron chi connectivity index (χ3n) is 1.94. The minimum atomic E-state index is 0.313. The van der Waals surface area contributed by atoms with Crippen molar-refractivity contribution < 1.29 is 0 Å². The fraction of sp³-hybridized carbons (Fsp3) is 0.667. The van der Waals surface area contributed by atoms with Gasteiger partial charge in [0.15, 0.2) is 0 Å². The van der Waals surface area contributed by atoms with Crippen LogP contribution in [0.3, 0.4) is 0 Å². The number of alkyl halides is 1. The minimum Gasteiger partial charge on any atom is -0.273 e. The van der Waals surface area contributed by atoms with E-state index in [9.17, 15) is 0 Å². The molecule has 68 valence electrons. The largest absolute Gasteiger partial charge is 0.273 e. The number of rotatable bonds is 3. The highest BCUT2D eigenvalue weighted by molar-refractivity contribution is 9.09. The Hall–Kier alpha value is -0.310. The van der Waals surface area contributed by atoms with E-state index in [1.54, 1.807) is 0 Å². The van der Waals surface area contributed by atoms with Crippen LogP contribution in [0, 0.1) is 5.41 Å². The van der Waals surface area contributed by atoms with Crippen LogP contribution in [0.2, 0.25) is 0 Å². The van der Waals surface area contributed by atoms with E-state index in [2.05, 4.69) is 40.9 Å². The minimum absolute atomic E-state index is 0.313. The van der Waals surface area contributed by atoms with E-state index in [1.165, 1.54) is 5.69 Å². The molecule has 0 spiro atoms. The van der Waals surface area contributed by atoms with Gasteiger partial charge in [0, 0.05) is 24.3 Å². The summed E-state index contributed by atoms with van der Waals surface area (Å²) >= 11 is 3.51. The summed E-state index contributed by atoms with van der Waals surface area (Å²) in [6.45, 7) is 4.49. The number of halogens is 1. The maximum absolute atomic E-state index is 4.14. The SMILES string of the molecule is Cn1nccc1CC(C)(C)CBr. The van der Waals surface area contributed by atoms with Gasteiger partial charge < -0.3 is 0 Å². The molecule has 1 aromatic rings. The zero-order valence-corrected chi connectivity index (χ0v) is 9.43. The molecule has 0 bridgehead atoms. The Labute approximate surface area is 82.1 Å². The van der Waals surface area contributed by atoms with Gasteiger partial charge in [-0.25, -0.2) is 0 Å². The number of hydrogen-bond acceptors (Lipinski definition) is 1. The Kier molecular flexibility index (Phi) is 2.94. The summed E-state index contributed by atoms with van der Waals surface area (Å²) in [4.78, 5) is 0. The van der Waals surface area contributed by atoms with E-state index in [4.69, 9.17) is 0 Å². The van der Waals surface area contributed by atoms with Crippen molar-refractivity contribution in [1.82, 2.24) is 9.78 Å². The number of nitrogens with zero attached hydrogens (tertiary/aromatic N) is 2. The van der Waals surface area contributed by atoms with Crippen molar-refractivity contribution in [2.24, 2.45) is 12.5 Å². The maximum Gasteiger partial charge on any atom is 0.0492 e. The van der Waals surface area contributed by atoms with Crippen LogP contribution in [0.15, 0.2) is 12.3 Å². The van der Waals surface area contributed by atoms with Gasteiger partial charge in [0.2, 0.25) is 0 Å². The molecule has 3 heteroatoms. The second kappa shape index (κ2) is 3.60. The Morgan fingerprint density at radius 2 is 2.25 bits per heavy atom. The Morgan fingerprint density at radius 3 is 2.67 bits per heavy atom. The lowest BCUT2D eigenvalue weighted by atomic mass is 9.90. The highest BCUT2D eigenvalue weighted by Crippen LogP contribution is 2.23. The van der Waals surface area contributed by atoms with Crippen molar-refractivity contribution in [2.75, 3.05) is 5.33 Å². The summed E-state index contributed by atoms with van der Waals surface area (Å²) in [6.07, 6.45) is 2.91. The van der Waals surface area contributed by atoms with E-state index in [-0.39, 0.29) is 0 Å². The van der Waals surface area contributed by atoms with Crippen LogP contribution in [0.5, 0.6) is 0 Å². The molecular weight excluding hydrogens is 216 g/mol. The first-order valence-electron chi connectivity index (χ1n) is 4.08. The van der Waals surface area contributed by atoms with Crippen molar-refractivity contribution in [3.05, 3.63) is 18.0 Å². The Balaban J connectivity index is 2.70. The lowest BCUT2D eigenvalue weighted by Gasteiger charge is -2.21. The van der Waals surface area contributed by atoms with Gasteiger partial charge in [-0.1, -0.05) is 29.8 Å². The van der Waals surface area contributed by atoms with Crippen molar-refractivity contribution in [3.8, 4) is 0 Å². The first-order chi connectivity index (χ1) is 5.55. The van der Waals surface area contributed by atoms with Gasteiger partial charge in [-0.3, -0.25) is 4.68 Å². The topological polar surface area (TPSA) is 17.8 Å². The molecule has 0 aromatic carbocycles. The average molecular weight is 231 g/mol. The predicted molar refractivity (Wildman–Crippen MR) is 54.5 cm³/mol. The molecule has 1 heterocycles. The van der Waals surface area contributed by atoms with Gasteiger partial charge >= 0.3 is 0 Å². The maximum atomic E-state index is 4.14. The smallest absolute Gasteiger partial charge is 0.0492 e. The molecule has 0 fully saturated rings. The van der Waals surface area contributed by atoms with Crippen LogP contribution in [-0.4, -0.2) is 15.1 Å². The lowest BCUT2D eigenvalue weighted by molar-refractivity contribution is 0.410. The summed E-state index contributed by atoms with van der Waals surface area (Å²) in [7, 11) is 1.99. The van der Waals surface area contributed by atoms with Gasteiger partial charge in [-0.15, -0.1) is 0 Å². The Morgan fingerprint density at radius 1 is 1.58 bits per heavy atom. The molecule has 0 aliphatic carbocycles. The van der Waals surface area contributed by atoms with Crippen molar-refractivity contribution in [3.63, 3.8) is 0 Å². The molecule has 0 unspecified atom stereocenters. The normalized spacial score (nSPS) is 12.0. The molecule has 1 aromatic heterocycles. The molecule has 12 heavy (non-hydrogen) atoms. The summed E-state index contributed by atoms with van der Waals surface area (Å²) in [5, 5.41) is 5.16. The number of aryl methyl sites for hydroxylation is 1. The highest BCUT2D eigenvalue weighted by Gasteiger charge is 2.18. The predicted octanol–water partition coefficient (Wildman–Crippen LogP) is 2.38. The van der Waals surface area contributed by atoms with Gasteiger partial charge in [0.25, 0.3) is 0 Å². The first-order valence-corrected chi connectivity index (χ1v) is 5.20. The average Bonchev–Trinajstić information content (AvgIpc) is 2.36. The fourth-order valence-electron chi connectivity index (χ4n) is 1.11. The third kappa shape index (κ3) is 2.34. The summed E-state index contributed by atoms with van der Waals surface area (Å²) in [6, 6.07) is 2.07. The van der Waals surface area contributed by atoms with E-state index in [1.807, 2.05) is 17.9 Å². The fourth-order valence-corrected chi connectivity index (χ4v) is 1.31. The van der Waals surface area contributed by atoms with Gasteiger partial charge in [0.1, 0.15) is 0 Å². The molecule has 0 atom stereocenters. The number of hydrogen-bond donors (Lipinski definition) is 0. The standard InChI is InChI=1S/C9H15BrN2/c1-9(2,7-10)6-8-4-5-11-12(8)3/h4-5H,6-7H2,1-3H3. The van der Waals surface area contributed by atoms with Crippen LogP contribution in [0.1, 0.15) is 19.5 Å². The molecule has 0 aliphatic rings. The zero-order valence-electron chi connectivity index (χ0n) is 7.84. The van der Waals surface area contributed by atoms with Crippen LogP contribution in [0.25, 0.3) is 0 Å². The quantitative estimate of drug-likeness (QED) is 0.730. The molecule has 2 nitrogen and oxygen atoms in total. The molecule has 0 aliphatic heterocycles. The van der Waals surface area contributed by atoms with Crippen LogP contribution >= 0.6 is 15.9 Å². The van der Waals surface area contributed by atoms with Crippen LogP contribution in [0.4, 0.5) is 0 Å². The molecule has 0 saturated heterocycles. The van der Waals surface area contributed by atoms with E-state index >= 15 is 0 Å². The van der Waals surface area contributed by atoms with Gasteiger partial charge in [-0.2, -0.15) is 5.10 Å². The second-order valence-corrected chi connectivity index (χ2v) is 4.48. The van der Waals surface area contributed by atoms with Gasteiger partial charge in [0.05, 0.1) is 0 Å². The van der Waals surface area contributed by atoms with Crippen LogP contribution in [-0.2, 0) is 13.5 Å². The highest BCUT2D eigenvalue weighted by atomic mass is 79.9. The zero-order chi connectivity index (χ0) is 9.19. The van der Waals surface area contributed by atoms with Crippen molar-refractivity contribution >= 4 is 15.9 Å². The molecule has 0 saturated carbocycles. The Bertz CT molecular complexity index is 253. The van der Waals surface area contributed by atoms with Crippen molar-refractivity contribution in [2.45, 2.75) is 20.3 Å². The van der Waals surface area contributed by atoms with Crippen molar-refractivity contribution in [1.29, 1.82) is 0 Å². The summed E-state index contributed by atoms with van der Waals surface area (Å²) < 4.78 is 1.93. The number of aromatic nitrogens is 2.